The van der Waals surface area contributed by atoms with E-state index in [0.29, 0.717) is 6.04 Å². The molecule has 2 heterocycles. The smallest absolute Gasteiger partial charge is 0.0486 e. The number of fused-ring (bicyclic) bond motifs is 1. The Balaban J connectivity index is 1.90. The Kier molecular flexibility index (Phi) is 4.11. The third-order valence-electron chi connectivity index (χ3n) is 4.47. The number of likely N-dealkylation sites (tertiary alicyclic amines) is 1. The predicted molar refractivity (Wildman–Crippen MR) is 86.1 cm³/mol. The maximum absolute atomic E-state index is 2.64. The van der Waals surface area contributed by atoms with E-state index in [9.17, 15) is 0 Å². The third-order valence-corrected chi connectivity index (χ3v) is 4.47. The van der Waals surface area contributed by atoms with Crippen LogP contribution in [0.25, 0.3) is 10.9 Å². The molecule has 0 bridgehead atoms. The molecule has 2 nitrogen and oxygen atoms in total. The van der Waals surface area contributed by atoms with Gasteiger partial charge in [0.25, 0.3) is 0 Å². The van der Waals surface area contributed by atoms with Crippen LogP contribution in [-0.4, -0.2) is 22.6 Å². The molecule has 0 atom stereocenters. The van der Waals surface area contributed by atoms with E-state index >= 15 is 0 Å². The summed E-state index contributed by atoms with van der Waals surface area (Å²) >= 11 is 0. The summed E-state index contributed by atoms with van der Waals surface area (Å²) in [6, 6.07) is 9.37. The van der Waals surface area contributed by atoms with Gasteiger partial charge in [-0.15, -0.1) is 0 Å². The molecular formula is C18H26N2. The Morgan fingerprint density at radius 3 is 2.40 bits per heavy atom. The van der Waals surface area contributed by atoms with E-state index in [2.05, 4.69) is 53.8 Å². The summed E-state index contributed by atoms with van der Waals surface area (Å²) in [6.07, 6.45) is 7.92. The lowest BCUT2D eigenvalue weighted by atomic mass is 10.1. The Bertz CT molecular complexity index is 560. The van der Waals surface area contributed by atoms with Crippen molar-refractivity contribution < 1.29 is 0 Å². The van der Waals surface area contributed by atoms with Gasteiger partial charge in [0.2, 0.25) is 0 Å². The molecule has 1 saturated heterocycles. The van der Waals surface area contributed by atoms with Gasteiger partial charge in [0.15, 0.2) is 0 Å². The Morgan fingerprint density at radius 2 is 1.70 bits per heavy atom. The lowest BCUT2D eigenvalue weighted by Gasteiger charge is -2.19. The summed E-state index contributed by atoms with van der Waals surface area (Å²) in [4.78, 5) is 2.64. The molecule has 0 aliphatic carbocycles. The zero-order valence-electron chi connectivity index (χ0n) is 12.8. The first-order chi connectivity index (χ1) is 9.75. The molecule has 0 saturated carbocycles. The SMILES string of the molecule is CC(C)n1cc(CN2CCCCCC2)c2ccccc21. The summed E-state index contributed by atoms with van der Waals surface area (Å²) in [5, 5.41) is 1.44. The quantitative estimate of drug-likeness (QED) is 0.791. The van der Waals surface area contributed by atoms with Gasteiger partial charge < -0.3 is 4.57 Å². The van der Waals surface area contributed by atoms with Crippen LogP contribution in [0.5, 0.6) is 0 Å². The van der Waals surface area contributed by atoms with Gasteiger partial charge in [-0.3, -0.25) is 4.90 Å². The fourth-order valence-corrected chi connectivity index (χ4v) is 3.37. The average molecular weight is 270 g/mol. The van der Waals surface area contributed by atoms with Gasteiger partial charge in [0, 0.05) is 29.7 Å². The van der Waals surface area contributed by atoms with Gasteiger partial charge >= 0.3 is 0 Å². The molecule has 1 aromatic carbocycles. The van der Waals surface area contributed by atoms with E-state index in [4.69, 9.17) is 0 Å². The number of para-hydroxylation sites is 1. The first-order valence-electron chi connectivity index (χ1n) is 8.06. The first kappa shape index (κ1) is 13.7. The number of rotatable bonds is 3. The predicted octanol–water partition coefficient (Wildman–Crippen LogP) is 4.60. The molecule has 2 aromatic rings. The number of nitrogens with zero attached hydrogens (tertiary/aromatic N) is 2. The number of hydrogen-bond donors (Lipinski definition) is 0. The van der Waals surface area contributed by atoms with Crippen molar-refractivity contribution in [1.29, 1.82) is 0 Å². The van der Waals surface area contributed by atoms with Crippen LogP contribution in [-0.2, 0) is 6.54 Å². The molecular weight excluding hydrogens is 244 g/mol. The zero-order chi connectivity index (χ0) is 13.9. The second-order valence-electron chi connectivity index (χ2n) is 6.36. The summed E-state index contributed by atoms with van der Waals surface area (Å²) in [7, 11) is 0. The van der Waals surface area contributed by atoms with E-state index in [1.165, 1.54) is 55.2 Å². The van der Waals surface area contributed by atoms with Crippen molar-refractivity contribution in [3.8, 4) is 0 Å². The molecule has 0 unspecified atom stereocenters. The van der Waals surface area contributed by atoms with Crippen molar-refractivity contribution in [2.24, 2.45) is 0 Å². The van der Waals surface area contributed by atoms with Gasteiger partial charge in [-0.05, 0) is 51.4 Å². The molecule has 0 radical (unpaired) electrons. The summed E-state index contributed by atoms with van der Waals surface area (Å²) in [5.74, 6) is 0. The monoisotopic (exact) mass is 270 g/mol. The molecule has 1 aliphatic rings. The highest BCUT2D eigenvalue weighted by Gasteiger charge is 2.14. The Hall–Kier alpha value is -1.28. The van der Waals surface area contributed by atoms with Crippen molar-refractivity contribution in [2.75, 3.05) is 13.1 Å². The van der Waals surface area contributed by atoms with Crippen LogP contribution in [0.1, 0.15) is 51.1 Å². The highest BCUT2D eigenvalue weighted by molar-refractivity contribution is 5.84. The van der Waals surface area contributed by atoms with Crippen LogP contribution >= 0.6 is 0 Å². The highest BCUT2D eigenvalue weighted by atomic mass is 15.1. The van der Waals surface area contributed by atoms with Crippen molar-refractivity contribution in [2.45, 2.75) is 52.1 Å². The van der Waals surface area contributed by atoms with Gasteiger partial charge in [-0.1, -0.05) is 31.0 Å². The van der Waals surface area contributed by atoms with Gasteiger partial charge in [0.05, 0.1) is 0 Å². The van der Waals surface area contributed by atoms with Crippen molar-refractivity contribution in [3.05, 3.63) is 36.0 Å². The lowest BCUT2D eigenvalue weighted by molar-refractivity contribution is 0.277. The van der Waals surface area contributed by atoms with Gasteiger partial charge in [0.1, 0.15) is 0 Å². The maximum atomic E-state index is 2.64. The van der Waals surface area contributed by atoms with Crippen LogP contribution in [0.4, 0.5) is 0 Å². The minimum absolute atomic E-state index is 0.526. The Morgan fingerprint density at radius 1 is 1.00 bits per heavy atom. The Labute approximate surface area is 122 Å². The van der Waals surface area contributed by atoms with Crippen molar-refractivity contribution >= 4 is 10.9 Å². The van der Waals surface area contributed by atoms with E-state index in [0.717, 1.165) is 6.54 Å². The van der Waals surface area contributed by atoms with E-state index in [1.807, 2.05) is 0 Å². The summed E-state index contributed by atoms with van der Waals surface area (Å²) in [5.41, 5.74) is 2.88. The lowest BCUT2D eigenvalue weighted by Crippen LogP contribution is -2.23. The van der Waals surface area contributed by atoms with Crippen LogP contribution < -0.4 is 0 Å². The van der Waals surface area contributed by atoms with Crippen LogP contribution in [0.3, 0.4) is 0 Å². The molecule has 108 valence electrons. The second-order valence-corrected chi connectivity index (χ2v) is 6.36. The third kappa shape index (κ3) is 2.76. The molecule has 20 heavy (non-hydrogen) atoms. The summed E-state index contributed by atoms with van der Waals surface area (Å²) < 4.78 is 2.42. The fourth-order valence-electron chi connectivity index (χ4n) is 3.37. The number of benzene rings is 1. The van der Waals surface area contributed by atoms with Crippen LogP contribution in [0.2, 0.25) is 0 Å². The first-order valence-corrected chi connectivity index (χ1v) is 8.06. The number of hydrogen-bond acceptors (Lipinski definition) is 1. The zero-order valence-corrected chi connectivity index (χ0v) is 12.8. The number of aromatic nitrogens is 1. The topological polar surface area (TPSA) is 8.17 Å². The molecule has 3 rings (SSSR count). The molecule has 0 N–H and O–H groups in total. The average Bonchev–Trinajstić information content (AvgIpc) is 2.63. The van der Waals surface area contributed by atoms with Crippen LogP contribution in [0, 0.1) is 0 Å². The van der Waals surface area contributed by atoms with Gasteiger partial charge in [-0.25, -0.2) is 0 Å². The van der Waals surface area contributed by atoms with Crippen LogP contribution in [0.15, 0.2) is 30.5 Å². The summed E-state index contributed by atoms with van der Waals surface area (Å²) in [6.45, 7) is 8.17. The van der Waals surface area contributed by atoms with E-state index < -0.39 is 0 Å². The minimum atomic E-state index is 0.526. The molecule has 0 spiro atoms. The van der Waals surface area contributed by atoms with Crippen molar-refractivity contribution in [1.82, 2.24) is 9.47 Å². The molecule has 1 fully saturated rings. The molecule has 2 heteroatoms. The van der Waals surface area contributed by atoms with Gasteiger partial charge in [-0.2, -0.15) is 0 Å². The maximum Gasteiger partial charge on any atom is 0.0486 e. The molecule has 1 aromatic heterocycles. The fraction of sp³-hybridized carbons (Fsp3) is 0.556. The second kappa shape index (κ2) is 6.01. The van der Waals surface area contributed by atoms with E-state index in [-0.39, 0.29) is 0 Å². The van der Waals surface area contributed by atoms with E-state index in [1.54, 1.807) is 0 Å². The molecule has 1 aliphatic heterocycles. The molecule has 0 amide bonds. The minimum Gasteiger partial charge on any atom is -0.345 e. The normalized spacial score (nSPS) is 17.8. The highest BCUT2D eigenvalue weighted by Crippen LogP contribution is 2.26. The van der Waals surface area contributed by atoms with Crippen molar-refractivity contribution in [3.63, 3.8) is 0 Å². The standard InChI is InChI=1S/C18H26N2/c1-15(2)20-14-16(17-9-5-6-10-18(17)20)13-19-11-7-3-4-8-12-19/h5-6,9-10,14-15H,3-4,7-8,11-13H2,1-2H3. The largest absolute Gasteiger partial charge is 0.345 e.